The first-order valence-corrected chi connectivity index (χ1v) is 7.02. The molecule has 2 rings (SSSR count). The summed E-state index contributed by atoms with van der Waals surface area (Å²) in [5.74, 6) is 0.539. The molecule has 1 saturated heterocycles. The zero-order chi connectivity index (χ0) is 15.1. The molecule has 0 aliphatic carbocycles. The van der Waals surface area contributed by atoms with E-state index < -0.39 is 0 Å². The standard InChI is InChI=1S/C15H20N4O2/c1-2-6-17-14(20)12-15(21)19-10-8-18(9-11-19)13-5-3-4-7-16-13/h2-5,7H,1,6,8-12H2,(H,17,20). The number of nitrogens with one attached hydrogen (secondary N) is 1. The average Bonchev–Trinajstić information content (AvgIpc) is 2.54. The molecule has 6 nitrogen and oxygen atoms in total. The van der Waals surface area contributed by atoms with E-state index >= 15 is 0 Å². The normalized spacial score (nSPS) is 14.7. The third kappa shape index (κ3) is 4.30. The third-order valence-corrected chi connectivity index (χ3v) is 3.36. The van der Waals surface area contributed by atoms with Crippen molar-refractivity contribution in [1.82, 2.24) is 15.2 Å². The van der Waals surface area contributed by atoms with Crippen molar-refractivity contribution in [2.24, 2.45) is 0 Å². The predicted molar refractivity (Wildman–Crippen MR) is 80.9 cm³/mol. The zero-order valence-corrected chi connectivity index (χ0v) is 12.0. The molecule has 0 unspecified atom stereocenters. The quantitative estimate of drug-likeness (QED) is 0.630. The summed E-state index contributed by atoms with van der Waals surface area (Å²) in [5, 5.41) is 2.61. The number of pyridine rings is 1. The molecule has 2 amide bonds. The molecule has 1 fully saturated rings. The van der Waals surface area contributed by atoms with E-state index in [1.807, 2.05) is 18.2 Å². The Bertz CT molecular complexity index is 496. The number of nitrogens with zero attached hydrogens (tertiary/aromatic N) is 3. The maximum Gasteiger partial charge on any atom is 0.232 e. The molecule has 2 heterocycles. The summed E-state index contributed by atoms with van der Waals surface area (Å²) < 4.78 is 0. The Balaban J connectivity index is 1.79. The summed E-state index contributed by atoms with van der Waals surface area (Å²) in [6, 6.07) is 5.79. The lowest BCUT2D eigenvalue weighted by Crippen LogP contribution is -2.49. The van der Waals surface area contributed by atoms with Crippen molar-refractivity contribution in [3.05, 3.63) is 37.1 Å². The Morgan fingerprint density at radius 2 is 2.05 bits per heavy atom. The Labute approximate surface area is 124 Å². The molecule has 1 aromatic rings. The monoisotopic (exact) mass is 288 g/mol. The molecular weight excluding hydrogens is 268 g/mol. The second-order valence-electron chi connectivity index (χ2n) is 4.83. The summed E-state index contributed by atoms with van der Waals surface area (Å²) >= 11 is 0. The van der Waals surface area contributed by atoms with Gasteiger partial charge in [-0.25, -0.2) is 4.98 Å². The van der Waals surface area contributed by atoms with E-state index in [1.54, 1.807) is 17.2 Å². The van der Waals surface area contributed by atoms with E-state index in [-0.39, 0.29) is 18.2 Å². The molecule has 0 aromatic carbocycles. The highest BCUT2D eigenvalue weighted by Crippen LogP contribution is 2.12. The van der Waals surface area contributed by atoms with Crippen molar-refractivity contribution in [3.63, 3.8) is 0 Å². The molecule has 0 bridgehead atoms. The highest BCUT2D eigenvalue weighted by atomic mass is 16.2. The van der Waals surface area contributed by atoms with Crippen LogP contribution in [0.1, 0.15) is 6.42 Å². The Hall–Kier alpha value is -2.37. The number of carbonyl (C=O) groups excluding carboxylic acids is 2. The number of piperazine rings is 1. The summed E-state index contributed by atoms with van der Waals surface area (Å²) in [6.45, 7) is 6.60. The summed E-state index contributed by atoms with van der Waals surface area (Å²) in [7, 11) is 0. The van der Waals surface area contributed by atoms with Gasteiger partial charge >= 0.3 is 0 Å². The molecule has 112 valence electrons. The van der Waals surface area contributed by atoms with E-state index in [1.165, 1.54) is 0 Å². The second kappa shape index (κ2) is 7.42. The lowest BCUT2D eigenvalue weighted by Gasteiger charge is -2.35. The van der Waals surface area contributed by atoms with Gasteiger partial charge in [0, 0.05) is 38.9 Å². The molecule has 21 heavy (non-hydrogen) atoms. The molecule has 1 aliphatic heterocycles. The highest BCUT2D eigenvalue weighted by Gasteiger charge is 2.23. The van der Waals surface area contributed by atoms with Crippen LogP contribution in [0.3, 0.4) is 0 Å². The van der Waals surface area contributed by atoms with Crippen molar-refractivity contribution in [2.75, 3.05) is 37.6 Å². The van der Waals surface area contributed by atoms with Gasteiger partial charge in [0.05, 0.1) is 0 Å². The Morgan fingerprint density at radius 3 is 2.67 bits per heavy atom. The molecule has 6 heteroatoms. The van der Waals surface area contributed by atoms with Gasteiger partial charge in [-0.05, 0) is 12.1 Å². The van der Waals surface area contributed by atoms with E-state index in [0.717, 1.165) is 18.9 Å². The topological polar surface area (TPSA) is 65.5 Å². The lowest BCUT2D eigenvalue weighted by atomic mass is 10.2. The van der Waals surface area contributed by atoms with Crippen LogP contribution in [0.15, 0.2) is 37.1 Å². The summed E-state index contributed by atoms with van der Waals surface area (Å²) in [5.41, 5.74) is 0. The molecule has 1 N–H and O–H groups in total. The zero-order valence-electron chi connectivity index (χ0n) is 12.0. The van der Waals surface area contributed by atoms with Gasteiger partial charge in [0.25, 0.3) is 0 Å². The van der Waals surface area contributed by atoms with Crippen molar-refractivity contribution < 1.29 is 9.59 Å². The minimum Gasteiger partial charge on any atom is -0.353 e. The largest absolute Gasteiger partial charge is 0.353 e. The predicted octanol–water partition coefficient (Wildman–Crippen LogP) is 0.422. The smallest absolute Gasteiger partial charge is 0.232 e. The number of aromatic nitrogens is 1. The van der Waals surface area contributed by atoms with Crippen LogP contribution in [0.25, 0.3) is 0 Å². The van der Waals surface area contributed by atoms with Crippen molar-refractivity contribution >= 4 is 17.6 Å². The summed E-state index contributed by atoms with van der Waals surface area (Å²) in [4.78, 5) is 31.7. The first-order valence-electron chi connectivity index (χ1n) is 7.02. The number of hydrogen-bond donors (Lipinski definition) is 1. The van der Waals surface area contributed by atoms with E-state index in [4.69, 9.17) is 0 Å². The fourth-order valence-corrected chi connectivity index (χ4v) is 2.22. The second-order valence-corrected chi connectivity index (χ2v) is 4.83. The molecule has 1 aromatic heterocycles. The van der Waals surface area contributed by atoms with Crippen LogP contribution in [0, 0.1) is 0 Å². The lowest BCUT2D eigenvalue weighted by molar-refractivity contribution is -0.136. The first-order chi connectivity index (χ1) is 10.2. The van der Waals surface area contributed by atoms with Gasteiger partial charge in [-0.15, -0.1) is 6.58 Å². The van der Waals surface area contributed by atoms with Gasteiger partial charge in [-0.1, -0.05) is 12.1 Å². The molecule has 1 aliphatic rings. The minimum absolute atomic E-state index is 0.0998. The molecule has 0 saturated carbocycles. The van der Waals surface area contributed by atoms with Gasteiger partial charge in [0.1, 0.15) is 12.2 Å². The van der Waals surface area contributed by atoms with E-state index in [2.05, 4.69) is 21.8 Å². The maximum atomic E-state index is 12.0. The minimum atomic E-state index is -0.257. The molecule has 0 atom stereocenters. The van der Waals surface area contributed by atoms with Crippen LogP contribution < -0.4 is 10.2 Å². The van der Waals surface area contributed by atoms with Gasteiger partial charge in [-0.2, -0.15) is 0 Å². The third-order valence-electron chi connectivity index (χ3n) is 3.36. The van der Waals surface area contributed by atoms with Gasteiger partial charge in [0.15, 0.2) is 0 Å². The molecule has 0 spiro atoms. The van der Waals surface area contributed by atoms with Crippen LogP contribution >= 0.6 is 0 Å². The number of rotatable bonds is 5. The van der Waals surface area contributed by atoms with Crippen LogP contribution in [0.5, 0.6) is 0 Å². The van der Waals surface area contributed by atoms with Crippen molar-refractivity contribution in [1.29, 1.82) is 0 Å². The fourth-order valence-electron chi connectivity index (χ4n) is 2.22. The highest BCUT2D eigenvalue weighted by molar-refractivity contribution is 5.97. The fraction of sp³-hybridized carbons (Fsp3) is 0.400. The number of carbonyl (C=O) groups is 2. The van der Waals surface area contributed by atoms with Gasteiger partial charge in [-0.3, -0.25) is 9.59 Å². The van der Waals surface area contributed by atoms with E-state index in [0.29, 0.717) is 19.6 Å². The average molecular weight is 288 g/mol. The number of anilines is 1. The van der Waals surface area contributed by atoms with Crippen LogP contribution in [0.4, 0.5) is 5.82 Å². The Kier molecular flexibility index (Phi) is 5.31. The van der Waals surface area contributed by atoms with Crippen LogP contribution in [-0.2, 0) is 9.59 Å². The molecular formula is C15H20N4O2. The maximum absolute atomic E-state index is 12.0. The van der Waals surface area contributed by atoms with Crippen LogP contribution in [0.2, 0.25) is 0 Å². The van der Waals surface area contributed by atoms with Crippen molar-refractivity contribution in [3.8, 4) is 0 Å². The van der Waals surface area contributed by atoms with Gasteiger partial charge in [0.2, 0.25) is 11.8 Å². The number of hydrogen-bond acceptors (Lipinski definition) is 4. The Morgan fingerprint density at radius 1 is 1.29 bits per heavy atom. The SMILES string of the molecule is C=CCNC(=O)CC(=O)N1CCN(c2ccccn2)CC1. The summed E-state index contributed by atoms with van der Waals surface area (Å²) in [6.07, 6.45) is 3.25. The van der Waals surface area contributed by atoms with Crippen LogP contribution in [-0.4, -0.2) is 54.4 Å². The van der Waals surface area contributed by atoms with E-state index in [9.17, 15) is 9.59 Å². The first kappa shape index (κ1) is 15.0. The van der Waals surface area contributed by atoms with Crippen molar-refractivity contribution in [2.45, 2.75) is 6.42 Å². The molecule has 0 radical (unpaired) electrons. The number of amides is 2. The van der Waals surface area contributed by atoms with Gasteiger partial charge < -0.3 is 15.1 Å².